The summed E-state index contributed by atoms with van der Waals surface area (Å²) in [6.07, 6.45) is 5.04. The summed E-state index contributed by atoms with van der Waals surface area (Å²) in [6.45, 7) is 6.19. The highest BCUT2D eigenvalue weighted by Crippen LogP contribution is 2.38. The third-order valence-corrected chi connectivity index (χ3v) is 6.39. The van der Waals surface area contributed by atoms with Gasteiger partial charge in [0.25, 0.3) is 0 Å². The summed E-state index contributed by atoms with van der Waals surface area (Å²) in [5.74, 6) is 1.71. The lowest BCUT2D eigenvalue weighted by atomic mass is 9.67. The lowest BCUT2D eigenvalue weighted by Crippen LogP contribution is -2.51. The van der Waals surface area contributed by atoms with Crippen molar-refractivity contribution in [2.75, 3.05) is 11.5 Å². The quantitative estimate of drug-likeness (QED) is 0.826. The van der Waals surface area contributed by atoms with Gasteiger partial charge in [-0.25, -0.2) is 8.42 Å². The van der Waals surface area contributed by atoms with E-state index in [-0.39, 0.29) is 11.3 Å². The lowest BCUT2D eigenvalue weighted by Gasteiger charge is -2.43. The molecule has 1 saturated carbocycles. The van der Waals surface area contributed by atoms with E-state index in [1.807, 2.05) is 0 Å². The molecular formula is C13H27NO2S. The van der Waals surface area contributed by atoms with Gasteiger partial charge in [0.15, 0.2) is 0 Å². The molecule has 0 radical (unpaired) electrons. The molecule has 4 heteroatoms. The zero-order valence-corrected chi connectivity index (χ0v) is 12.2. The van der Waals surface area contributed by atoms with Crippen LogP contribution in [0.3, 0.4) is 0 Å². The molecule has 3 unspecified atom stereocenters. The van der Waals surface area contributed by atoms with Crippen LogP contribution >= 0.6 is 0 Å². The molecule has 0 spiro atoms. The summed E-state index contributed by atoms with van der Waals surface area (Å²) in [4.78, 5) is 0. The maximum Gasteiger partial charge on any atom is 0.150 e. The summed E-state index contributed by atoms with van der Waals surface area (Å²) >= 11 is 0. The average molecular weight is 261 g/mol. The van der Waals surface area contributed by atoms with Crippen molar-refractivity contribution >= 4 is 9.84 Å². The Labute approximate surface area is 106 Å². The maximum absolute atomic E-state index is 11.5. The Kier molecular flexibility index (Phi) is 5.02. The molecule has 0 heterocycles. The van der Waals surface area contributed by atoms with Crippen molar-refractivity contribution in [3.05, 3.63) is 0 Å². The monoisotopic (exact) mass is 261 g/mol. The molecule has 3 nitrogen and oxygen atoms in total. The van der Waals surface area contributed by atoms with Gasteiger partial charge in [-0.3, -0.25) is 0 Å². The lowest BCUT2D eigenvalue weighted by molar-refractivity contribution is 0.134. The summed E-state index contributed by atoms with van der Waals surface area (Å²) < 4.78 is 22.9. The second-order valence-electron chi connectivity index (χ2n) is 5.73. The van der Waals surface area contributed by atoms with Gasteiger partial charge in [0, 0.05) is 11.3 Å². The van der Waals surface area contributed by atoms with E-state index in [2.05, 4.69) is 13.8 Å². The molecular weight excluding hydrogens is 234 g/mol. The van der Waals surface area contributed by atoms with E-state index in [0.717, 1.165) is 12.8 Å². The van der Waals surface area contributed by atoms with E-state index in [1.165, 1.54) is 12.8 Å². The van der Waals surface area contributed by atoms with E-state index >= 15 is 0 Å². The second kappa shape index (κ2) is 5.70. The van der Waals surface area contributed by atoms with Crippen molar-refractivity contribution in [1.82, 2.24) is 0 Å². The van der Waals surface area contributed by atoms with Crippen LogP contribution in [-0.4, -0.2) is 25.5 Å². The van der Waals surface area contributed by atoms with E-state index < -0.39 is 9.84 Å². The van der Waals surface area contributed by atoms with E-state index in [0.29, 0.717) is 24.0 Å². The molecule has 17 heavy (non-hydrogen) atoms. The first-order valence-corrected chi connectivity index (χ1v) is 8.62. The second-order valence-corrected chi connectivity index (χ2v) is 8.20. The molecule has 2 N–H and O–H groups in total. The maximum atomic E-state index is 11.5. The van der Waals surface area contributed by atoms with Crippen LogP contribution in [-0.2, 0) is 9.84 Å². The fraction of sp³-hybridized carbons (Fsp3) is 1.00. The molecule has 0 aromatic carbocycles. The van der Waals surface area contributed by atoms with Gasteiger partial charge in [0.05, 0.1) is 5.75 Å². The fourth-order valence-corrected chi connectivity index (χ4v) is 3.79. The van der Waals surface area contributed by atoms with Gasteiger partial charge in [-0.2, -0.15) is 0 Å². The first-order chi connectivity index (χ1) is 7.81. The van der Waals surface area contributed by atoms with E-state index in [9.17, 15) is 8.42 Å². The Morgan fingerprint density at radius 2 is 2.00 bits per heavy atom. The Balaban J connectivity index is 2.50. The normalized spacial score (nSPS) is 34.8. The zero-order valence-electron chi connectivity index (χ0n) is 11.4. The van der Waals surface area contributed by atoms with E-state index in [4.69, 9.17) is 5.73 Å². The van der Waals surface area contributed by atoms with Gasteiger partial charge in [-0.05, 0) is 31.1 Å². The number of rotatable bonds is 5. The number of sulfone groups is 1. The van der Waals surface area contributed by atoms with Crippen LogP contribution in [0.2, 0.25) is 0 Å². The molecule has 1 fully saturated rings. The summed E-state index contributed by atoms with van der Waals surface area (Å²) in [5.41, 5.74) is 6.33. The summed E-state index contributed by atoms with van der Waals surface area (Å²) in [7, 11) is -2.83. The Morgan fingerprint density at radius 1 is 1.35 bits per heavy atom. The van der Waals surface area contributed by atoms with Gasteiger partial charge in [-0.15, -0.1) is 0 Å². The summed E-state index contributed by atoms with van der Waals surface area (Å²) in [5, 5.41) is 0. The fourth-order valence-electron chi connectivity index (χ4n) is 2.92. The van der Waals surface area contributed by atoms with Gasteiger partial charge in [-0.1, -0.05) is 33.6 Å². The molecule has 1 aliphatic carbocycles. The van der Waals surface area contributed by atoms with Crippen molar-refractivity contribution in [3.8, 4) is 0 Å². The smallest absolute Gasteiger partial charge is 0.150 e. The molecule has 1 rings (SSSR count). The predicted octanol–water partition coefficient (Wildman–Crippen LogP) is 2.35. The van der Waals surface area contributed by atoms with Crippen LogP contribution in [0, 0.1) is 11.8 Å². The average Bonchev–Trinajstić information content (AvgIpc) is 2.26. The highest BCUT2D eigenvalue weighted by Gasteiger charge is 2.37. The molecule has 102 valence electrons. The standard InChI is InChI=1S/C13H27NO2S/c1-4-17(15,16)10-6-9-13(14)8-5-7-11(2)12(13)3/h11-12H,4-10,14H2,1-3H3. The van der Waals surface area contributed by atoms with Crippen molar-refractivity contribution in [2.24, 2.45) is 17.6 Å². The van der Waals surface area contributed by atoms with Crippen LogP contribution in [0.5, 0.6) is 0 Å². The molecule has 0 saturated heterocycles. The SMILES string of the molecule is CCS(=O)(=O)CCCC1(N)CCCC(C)C1C. The molecule has 1 aliphatic rings. The molecule has 0 bridgehead atoms. The van der Waals surface area contributed by atoms with Gasteiger partial charge in [0.2, 0.25) is 0 Å². The van der Waals surface area contributed by atoms with Crippen LogP contribution < -0.4 is 5.73 Å². The third kappa shape index (κ3) is 3.95. The summed E-state index contributed by atoms with van der Waals surface area (Å²) in [6, 6.07) is 0. The highest BCUT2D eigenvalue weighted by atomic mass is 32.2. The molecule has 0 aromatic heterocycles. The number of hydrogen-bond acceptors (Lipinski definition) is 3. The van der Waals surface area contributed by atoms with Crippen molar-refractivity contribution in [1.29, 1.82) is 0 Å². The van der Waals surface area contributed by atoms with Crippen LogP contribution in [0.25, 0.3) is 0 Å². The third-order valence-electron chi connectivity index (χ3n) is 4.60. The topological polar surface area (TPSA) is 60.2 Å². The minimum atomic E-state index is -2.83. The van der Waals surface area contributed by atoms with Crippen LogP contribution in [0.15, 0.2) is 0 Å². The highest BCUT2D eigenvalue weighted by molar-refractivity contribution is 7.91. The van der Waals surface area contributed by atoms with E-state index in [1.54, 1.807) is 6.92 Å². The molecule has 0 amide bonds. The van der Waals surface area contributed by atoms with Crippen molar-refractivity contribution in [3.63, 3.8) is 0 Å². The zero-order chi connectivity index (χ0) is 13.1. The van der Waals surface area contributed by atoms with Gasteiger partial charge in [0.1, 0.15) is 9.84 Å². The number of hydrogen-bond donors (Lipinski definition) is 1. The molecule has 0 aromatic rings. The predicted molar refractivity (Wildman–Crippen MR) is 72.7 cm³/mol. The van der Waals surface area contributed by atoms with Crippen LogP contribution in [0.4, 0.5) is 0 Å². The van der Waals surface area contributed by atoms with Gasteiger partial charge >= 0.3 is 0 Å². The Morgan fingerprint density at radius 3 is 2.59 bits per heavy atom. The first-order valence-electron chi connectivity index (χ1n) is 6.80. The molecule has 3 atom stereocenters. The largest absolute Gasteiger partial charge is 0.325 e. The Hall–Kier alpha value is -0.0900. The minimum absolute atomic E-state index is 0.138. The van der Waals surface area contributed by atoms with Crippen molar-refractivity contribution in [2.45, 2.75) is 58.4 Å². The molecule has 0 aliphatic heterocycles. The minimum Gasteiger partial charge on any atom is -0.325 e. The number of nitrogens with two attached hydrogens (primary N) is 1. The first kappa shape index (κ1) is 15.0. The van der Waals surface area contributed by atoms with Crippen molar-refractivity contribution < 1.29 is 8.42 Å². The van der Waals surface area contributed by atoms with Gasteiger partial charge < -0.3 is 5.73 Å². The van der Waals surface area contributed by atoms with Crippen LogP contribution in [0.1, 0.15) is 52.9 Å². The Bertz CT molecular complexity index is 339.